The van der Waals surface area contributed by atoms with Gasteiger partial charge in [0.15, 0.2) is 6.10 Å². The van der Waals surface area contributed by atoms with Gasteiger partial charge in [0.25, 0.3) is 5.91 Å². The van der Waals surface area contributed by atoms with Crippen molar-refractivity contribution in [2.24, 2.45) is 0 Å². The molecule has 0 radical (unpaired) electrons. The molecule has 20 heavy (non-hydrogen) atoms. The van der Waals surface area contributed by atoms with E-state index >= 15 is 0 Å². The number of phenols is 1. The zero-order chi connectivity index (χ0) is 14.5. The molecule has 0 aliphatic heterocycles. The van der Waals surface area contributed by atoms with Gasteiger partial charge in [0.2, 0.25) is 0 Å². The first kappa shape index (κ1) is 14.2. The Hall–Kier alpha value is -2.20. The summed E-state index contributed by atoms with van der Waals surface area (Å²) < 4.78 is 5.49. The lowest BCUT2D eigenvalue weighted by Gasteiger charge is -2.16. The second-order valence-corrected chi connectivity index (χ2v) is 4.60. The number of anilines is 1. The highest BCUT2D eigenvalue weighted by molar-refractivity contribution is 6.32. The molecule has 2 aromatic carbocycles. The molecule has 0 aliphatic carbocycles. The Labute approximate surface area is 122 Å². The minimum Gasteiger partial charge on any atom is -0.506 e. The Balaban J connectivity index is 2.03. The number of halogens is 1. The van der Waals surface area contributed by atoms with E-state index in [1.54, 1.807) is 49.4 Å². The van der Waals surface area contributed by atoms with Crippen LogP contribution in [-0.2, 0) is 4.79 Å². The quantitative estimate of drug-likeness (QED) is 0.848. The van der Waals surface area contributed by atoms with Gasteiger partial charge < -0.3 is 15.2 Å². The smallest absolute Gasteiger partial charge is 0.265 e. The lowest BCUT2D eigenvalue weighted by atomic mass is 10.2. The minimum absolute atomic E-state index is 0.00536. The molecule has 0 saturated heterocycles. The van der Waals surface area contributed by atoms with E-state index in [-0.39, 0.29) is 11.7 Å². The summed E-state index contributed by atoms with van der Waals surface area (Å²) in [6, 6.07) is 13.4. The predicted molar refractivity (Wildman–Crippen MR) is 78.3 cm³/mol. The number of aromatic hydroxyl groups is 1. The topological polar surface area (TPSA) is 58.6 Å². The van der Waals surface area contributed by atoms with Crippen molar-refractivity contribution < 1.29 is 14.6 Å². The number of carbonyl (C=O) groups excluding carboxylic acids is 1. The van der Waals surface area contributed by atoms with Crippen LogP contribution in [0.5, 0.6) is 11.5 Å². The summed E-state index contributed by atoms with van der Waals surface area (Å²) in [6.07, 6.45) is -0.741. The number of ether oxygens (including phenoxy) is 1. The summed E-state index contributed by atoms with van der Waals surface area (Å²) in [5.41, 5.74) is 0.340. The third-order valence-electron chi connectivity index (χ3n) is 2.67. The zero-order valence-electron chi connectivity index (χ0n) is 10.8. The number of carbonyl (C=O) groups is 1. The second kappa shape index (κ2) is 6.30. The highest BCUT2D eigenvalue weighted by Crippen LogP contribution is 2.25. The highest BCUT2D eigenvalue weighted by atomic mass is 35.5. The number of hydrogen-bond acceptors (Lipinski definition) is 3. The molecule has 4 nitrogen and oxygen atoms in total. The standard InChI is InChI=1S/C15H14ClNO3/c1-10(20-14-9-5-2-6-11(14)16)15(19)17-12-7-3-4-8-13(12)18/h2-10,18H,1H3,(H,17,19). The van der Waals surface area contributed by atoms with Crippen LogP contribution >= 0.6 is 11.6 Å². The largest absolute Gasteiger partial charge is 0.506 e. The van der Waals surface area contributed by atoms with Crippen LogP contribution in [0, 0.1) is 0 Å². The van der Waals surface area contributed by atoms with Gasteiger partial charge in [-0.2, -0.15) is 0 Å². The van der Waals surface area contributed by atoms with Gasteiger partial charge in [0, 0.05) is 0 Å². The van der Waals surface area contributed by atoms with Crippen molar-refractivity contribution in [1.29, 1.82) is 0 Å². The maximum atomic E-state index is 12.0. The molecule has 0 aromatic heterocycles. The van der Waals surface area contributed by atoms with Crippen LogP contribution in [-0.4, -0.2) is 17.1 Å². The van der Waals surface area contributed by atoms with Crippen molar-refractivity contribution in [2.75, 3.05) is 5.32 Å². The molecule has 2 aromatic rings. The molecule has 1 atom stereocenters. The third kappa shape index (κ3) is 3.42. The second-order valence-electron chi connectivity index (χ2n) is 4.20. The third-order valence-corrected chi connectivity index (χ3v) is 2.98. The Morgan fingerprint density at radius 1 is 1.20 bits per heavy atom. The number of rotatable bonds is 4. The molecular weight excluding hydrogens is 278 g/mol. The van der Waals surface area contributed by atoms with E-state index in [1.165, 1.54) is 6.07 Å². The number of nitrogens with one attached hydrogen (secondary N) is 1. The van der Waals surface area contributed by atoms with Gasteiger partial charge in [0.05, 0.1) is 10.7 Å². The lowest BCUT2D eigenvalue weighted by molar-refractivity contribution is -0.122. The normalized spacial score (nSPS) is 11.7. The number of hydrogen-bond donors (Lipinski definition) is 2. The molecule has 0 spiro atoms. The average Bonchev–Trinajstić information content (AvgIpc) is 2.43. The van der Waals surface area contributed by atoms with Gasteiger partial charge in [-0.3, -0.25) is 4.79 Å². The SMILES string of the molecule is CC(Oc1ccccc1Cl)C(=O)Nc1ccccc1O. The van der Waals surface area contributed by atoms with E-state index in [0.717, 1.165) is 0 Å². The minimum atomic E-state index is -0.741. The van der Waals surface area contributed by atoms with Crippen LogP contribution in [0.1, 0.15) is 6.92 Å². The monoisotopic (exact) mass is 291 g/mol. The first-order chi connectivity index (χ1) is 9.58. The van der Waals surface area contributed by atoms with Crippen molar-refractivity contribution in [3.8, 4) is 11.5 Å². The van der Waals surface area contributed by atoms with E-state index in [4.69, 9.17) is 16.3 Å². The molecule has 2 rings (SSSR count). The molecule has 0 fully saturated rings. The molecular formula is C15H14ClNO3. The van der Waals surface area contributed by atoms with Crippen molar-refractivity contribution in [3.05, 3.63) is 53.6 Å². The number of phenolic OH excluding ortho intramolecular Hbond substituents is 1. The molecule has 0 bridgehead atoms. The predicted octanol–water partition coefficient (Wildman–Crippen LogP) is 3.45. The van der Waals surface area contributed by atoms with Crippen LogP contribution in [0.4, 0.5) is 5.69 Å². The van der Waals surface area contributed by atoms with Crippen molar-refractivity contribution >= 4 is 23.2 Å². The van der Waals surface area contributed by atoms with Gasteiger partial charge >= 0.3 is 0 Å². The highest BCUT2D eigenvalue weighted by Gasteiger charge is 2.17. The summed E-state index contributed by atoms with van der Waals surface area (Å²) in [4.78, 5) is 12.0. The van der Waals surface area contributed by atoms with E-state index in [9.17, 15) is 9.90 Å². The molecule has 0 heterocycles. The van der Waals surface area contributed by atoms with E-state index in [1.807, 2.05) is 0 Å². The van der Waals surface area contributed by atoms with Gasteiger partial charge in [-0.05, 0) is 31.2 Å². The molecule has 1 unspecified atom stereocenters. The summed E-state index contributed by atoms with van der Waals surface area (Å²) in [6.45, 7) is 1.61. The fourth-order valence-corrected chi connectivity index (χ4v) is 1.78. The van der Waals surface area contributed by atoms with Crippen LogP contribution in [0.2, 0.25) is 5.02 Å². The average molecular weight is 292 g/mol. The van der Waals surface area contributed by atoms with E-state index in [2.05, 4.69) is 5.32 Å². The summed E-state index contributed by atoms with van der Waals surface area (Å²) in [7, 11) is 0. The fourth-order valence-electron chi connectivity index (χ4n) is 1.60. The first-order valence-corrected chi connectivity index (χ1v) is 6.46. The van der Waals surface area contributed by atoms with E-state index < -0.39 is 6.10 Å². The van der Waals surface area contributed by atoms with Gasteiger partial charge in [-0.1, -0.05) is 35.9 Å². The van der Waals surface area contributed by atoms with Gasteiger partial charge in [-0.15, -0.1) is 0 Å². The van der Waals surface area contributed by atoms with Gasteiger partial charge in [0.1, 0.15) is 11.5 Å². The lowest BCUT2D eigenvalue weighted by Crippen LogP contribution is -2.30. The van der Waals surface area contributed by atoms with Crippen molar-refractivity contribution in [1.82, 2.24) is 0 Å². The number of para-hydroxylation sites is 3. The Kier molecular flexibility index (Phi) is 4.48. The summed E-state index contributed by atoms with van der Waals surface area (Å²) >= 11 is 5.96. The summed E-state index contributed by atoms with van der Waals surface area (Å²) in [5.74, 6) is 0.0753. The van der Waals surface area contributed by atoms with Crippen LogP contribution in [0.25, 0.3) is 0 Å². The number of amides is 1. The van der Waals surface area contributed by atoms with Crippen LogP contribution < -0.4 is 10.1 Å². The molecule has 5 heteroatoms. The molecule has 2 N–H and O–H groups in total. The first-order valence-electron chi connectivity index (χ1n) is 6.08. The Bertz CT molecular complexity index is 616. The van der Waals surface area contributed by atoms with Crippen LogP contribution in [0.15, 0.2) is 48.5 Å². The summed E-state index contributed by atoms with van der Waals surface area (Å²) in [5, 5.41) is 12.6. The number of benzene rings is 2. The molecule has 104 valence electrons. The maximum absolute atomic E-state index is 12.0. The fraction of sp³-hybridized carbons (Fsp3) is 0.133. The Morgan fingerprint density at radius 2 is 1.85 bits per heavy atom. The van der Waals surface area contributed by atoms with Crippen molar-refractivity contribution in [2.45, 2.75) is 13.0 Å². The molecule has 0 aliphatic rings. The maximum Gasteiger partial charge on any atom is 0.265 e. The molecule has 0 saturated carbocycles. The molecule has 1 amide bonds. The van der Waals surface area contributed by atoms with E-state index in [0.29, 0.717) is 16.5 Å². The van der Waals surface area contributed by atoms with Crippen LogP contribution in [0.3, 0.4) is 0 Å². The van der Waals surface area contributed by atoms with Crippen molar-refractivity contribution in [3.63, 3.8) is 0 Å². The Morgan fingerprint density at radius 3 is 2.55 bits per heavy atom. The zero-order valence-corrected chi connectivity index (χ0v) is 11.6. The van der Waals surface area contributed by atoms with Gasteiger partial charge in [-0.25, -0.2) is 0 Å².